The molecule has 0 saturated heterocycles. The maximum atomic E-state index is 11.9. The van der Waals surface area contributed by atoms with Crippen molar-refractivity contribution in [1.29, 1.82) is 0 Å². The lowest BCUT2D eigenvalue weighted by molar-refractivity contribution is -0.123. The Kier molecular flexibility index (Phi) is 6.10. The van der Waals surface area contributed by atoms with Gasteiger partial charge < -0.3 is 4.74 Å². The zero-order chi connectivity index (χ0) is 16.8. The van der Waals surface area contributed by atoms with Gasteiger partial charge in [0.2, 0.25) is 0 Å². The van der Waals surface area contributed by atoms with Gasteiger partial charge in [-0.1, -0.05) is 46.9 Å². The number of benzene rings is 2. The number of rotatable bonds is 4. The van der Waals surface area contributed by atoms with Crippen LogP contribution >= 0.6 is 34.8 Å². The highest BCUT2D eigenvalue weighted by atomic mass is 35.5. The van der Waals surface area contributed by atoms with Crippen LogP contribution in [0.4, 0.5) is 0 Å². The predicted octanol–water partition coefficient (Wildman–Crippen LogP) is 3.49. The molecule has 2 rings (SSSR count). The summed E-state index contributed by atoms with van der Waals surface area (Å²) in [5, 5.41) is 0.955. The summed E-state index contributed by atoms with van der Waals surface area (Å²) in [6.07, 6.45) is 0. The van der Waals surface area contributed by atoms with E-state index in [1.165, 1.54) is 12.1 Å². The second-order valence-corrected chi connectivity index (χ2v) is 5.60. The summed E-state index contributed by atoms with van der Waals surface area (Å²) >= 11 is 17.6. The standard InChI is InChI=1S/C15H11Cl3N2O3/c16-9-5-6-11(17)10(7-9)15(22)20-19-14(21)8-23-13-4-2-1-3-12(13)18/h1-7H,8H2,(H,19,21)(H,20,22). The van der Waals surface area contributed by atoms with Crippen LogP contribution in [0.5, 0.6) is 5.75 Å². The Balaban J connectivity index is 1.86. The van der Waals surface area contributed by atoms with Crippen LogP contribution in [0.25, 0.3) is 0 Å². The monoisotopic (exact) mass is 372 g/mol. The molecule has 0 spiro atoms. The molecule has 0 heterocycles. The first-order valence-electron chi connectivity index (χ1n) is 6.39. The van der Waals surface area contributed by atoms with E-state index in [1.54, 1.807) is 30.3 Å². The smallest absolute Gasteiger partial charge is 0.276 e. The molecular formula is C15H11Cl3N2O3. The fourth-order valence-corrected chi connectivity index (χ4v) is 2.17. The summed E-state index contributed by atoms with van der Waals surface area (Å²) in [5.74, 6) is -0.784. The molecule has 2 aromatic carbocycles. The van der Waals surface area contributed by atoms with Crippen molar-refractivity contribution in [2.75, 3.05) is 6.61 Å². The Morgan fingerprint density at radius 1 is 0.957 bits per heavy atom. The van der Waals surface area contributed by atoms with E-state index in [9.17, 15) is 9.59 Å². The number of hydrogen-bond acceptors (Lipinski definition) is 3. The van der Waals surface area contributed by atoms with E-state index >= 15 is 0 Å². The van der Waals surface area contributed by atoms with Crippen LogP contribution in [0.15, 0.2) is 42.5 Å². The molecule has 0 radical (unpaired) electrons. The number of hydrazine groups is 1. The molecule has 8 heteroatoms. The lowest BCUT2D eigenvalue weighted by atomic mass is 10.2. The second kappa shape index (κ2) is 8.06. The van der Waals surface area contributed by atoms with Crippen LogP contribution in [0.1, 0.15) is 10.4 Å². The predicted molar refractivity (Wildman–Crippen MR) is 89.0 cm³/mol. The van der Waals surface area contributed by atoms with E-state index in [0.717, 1.165) is 0 Å². The molecule has 0 bridgehead atoms. The summed E-state index contributed by atoms with van der Waals surface area (Å²) < 4.78 is 5.24. The van der Waals surface area contributed by atoms with Gasteiger partial charge in [0.25, 0.3) is 11.8 Å². The molecule has 0 aliphatic heterocycles. The number of carbonyl (C=O) groups is 2. The van der Waals surface area contributed by atoms with Gasteiger partial charge in [-0.3, -0.25) is 20.4 Å². The normalized spacial score (nSPS) is 10.0. The van der Waals surface area contributed by atoms with Crippen LogP contribution in [0, 0.1) is 0 Å². The maximum Gasteiger partial charge on any atom is 0.276 e. The van der Waals surface area contributed by atoms with Crippen molar-refractivity contribution >= 4 is 46.6 Å². The topological polar surface area (TPSA) is 67.4 Å². The lowest BCUT2D eigenvalue weighted by Crippen LogP contribution is -2.43. The van der Waals surface area contributed by atoms with E-state index in [1.807, 2.05) is 0 Å². The van der Waals surface area contributed by atoms with Gasteiger partial charge in [0.05, 0.1) is 15.6 Å². The third kappa shape index (κ3) is 5.03. The summed E-state index contributed by atoms with van der Waals surface area (Å²) in [5.41, 5.74) is 4.58. The highest BCUT2D eigenvalue weighted by molar-refractivity contribution is 6.35. The number of carbonyl (C=O) groups excluding carboxylic acids is 2. The van der Waals surface area contributed by atoms with Crippen molar-refractivity contribution in [3.63, 3.8) is 0 Å². The first-order valence-corrected chi connectivity index (χ1v) is 7.52. The number of para-hydroxylation sites is 1. The molecule has 0 fully saturated rings. The minimum absolute atomic E-state index is 0.145. The van der Waals surface area contributed by atoms with Gasteiger partial charge in [0, 0.05) is 5.02 Å². The summed E-state index contributed by atoms with van der Waals surface area (Å²) in [4.78, 5) is 23.6. The van der Waals surface area contributed by atoms with E-state index < -0.39 is 11.8 Å². The Bertz CT molecular complexity index is 738. The third-order valence-electron chi connectivity index (χ3n) is 2.68. The van der Waals surface area contributed by atoms with Gasteiger partial charge in [-0.25, -0.2) is 0 Å². The maximum absolute atomic E-state index is 11.9. The average molecular weight is 374 g/mol. The lowest BCUT2D eigenvalue weighted by Gasteiger charge is -2.10. The van der Waals surface area contributed by atoms with Crippen molar-refractivity contribution in [3.05, 3.63) is 63.1 Å². The van der Waals surface area contributed by atoms with Crippen LogP contribution in [0.3, 0.4) is 0 Å². The fourth-order valence-electron chi connectivity index (χ4n) is 1.61. The zero-order valence-corrected chi connectivity index (χ0v) is 13.9. The first-order chi connectivity index (χ1) is 11.0. The largest absolute Gasteiger partial charge is 0.482 e. The molecule has 2 N–H and O–H groups in total. The van der Waals surface area contributed by atoms with Gasteiger partial charge in [-0.15, -0.1) is 0 Å². The first kappa shape index (κ1) is 17.4. The number of nitrogens with one attached hydrogen (secondary N) is 2. The number of ether oxygens (including phenoxy) is 1. The van der Waals surface area contributed by atoms with Crippen molar-refractivity contribution < 1.29 is 14.3 Å². The van der Waals surface area contributed by atoms with Crippen molar-refractivity contribution in [2.24, 2.45) is 0 Å². The molecule has 23 heavy (non-hydrogen) atoms. The molecule has 5 nitrogen and oxygen atoms in total. The van der Waals surface area contributed by atoms with Gasteiger partial charge in [0.15, 0.2) is 6.61 Å². The molecule has 0 aliphatic rings. The average Bonchev–Trinajstić information content (AvgIpc) is 2.54. The fraction of sp³-hybridized carbons (Fsp3) is 0.0667. The van der Waals surface area contributed by atoms with Crippen LogP contribution in [-0.4, -0.2) is 18.4 Å². The molecule has 2 aromatic rings. The SMILES string of the molecule is O=C(COc1ccccc1Cl)NNC(=O)c1cc(Cl)ccc1Cl. The van der Waals surface area contributed by atoms with Gasteiger partial charge >= 0.3 is 0 Å². The third-order valence-corrected chi connectivity index (χ3v) is 3.56. The Morgan fingerprint density at radius 3 is 2.43 bits per heavy atom. The molecular weight excluding hydrogens is 363 g/mol. The van der Waals surface area contributed by atoms with E-state index in [4.69, 9.17) is 39.5 Å². The number of hydrogen-bond donors (Lipinski definition) is 2. The van der Waals surface area contributed by atoms with E-state index in [0.29, 0.717) is 15.8 Å². The Morgan fingerprint density at radius 2 is 1.70 bits per heavy atom. The van der Waals surface area contributed by atoms with E-state index in [-0.39, 0.29) is 17.2 Å². The number of amides is 2. The van der Waals surface area contributed by atoms with Gasteiger partial charge in [0.1, 0.15) is 5.75 Å². The van der Waals surface area contributed by atoms with Crippen LogP contribution in [-0.2, 0) is 4.79 Å². The second-order valence-electron chi connectivity index (χ2n) is 4.35. The minimum Gasteiger partial charge on any atom is -0.482 e. The quantitative estimate of drug-likeness (QED) is 0.806. The molecule has 0 unspecified atom stereocenters. The Labute approximate surface area is 147 Å². The molecule has 2 amide bonds. The van der Waals surface area contributed by atoms with Gasteiger partial charge in [-0.2, -0.15) is 0 Å². The van der Waals surface area contributed by atoms with E-state index in [2.05, 4.69) is 10.9 Å². The zero-order valence-electron chi connectivity index (χ0n) is 11.6. The van der Waals surface area contributed by atoms with Gasteiger partial charge in [-0.05, 0) is 30.3 Å². The molecule has 0 aromatic heterocycles. The number of halogens is 3. The molecule has 0 saturated carbocycles. The Hall–Kier alpha value is -1.95. The summed E-state index contributed by atoms with van der Waals surface area (Å²) in [6.45, 7) is -0.312. The highest BCUT2D eigenvalue weighted by Gasteiger charge is 2.12. The summed E-state index contributed by atoms with van der Waals surface area (Å²) in [7, 11) is 0. The van der Waals surface area contributed by atoms with Crippen LogP contribution in [0.2, 0.25) is 15.1 Å². The summed E-state index contributed by atoms with van der Waals surface area (Å²) in [6, 6.07) is 11.2. The highest BCUT2D eigenvalue weighted by Crippen LogP contribution is 2.23. The van der Waals surface area contributed by atoms with Crippen molar-refractivity contribution in [1.82, 2.24) is 10.9 Å². The molecule has 0 atom stereocenters. The van der Waals surface area contributed by atoms with Crippen molar-refractivity contribution in [2.45, 2.75) is 0 Å². The molecule has 0 aliphatic carbocycles. The van der Waals surface area contributed by atoms with Crippen LogP contribution < -0.4 is 15.6 Å². The minimum atomic E-state index is -0.594. The molecule has 120 valence electrons. The van der Waals surface area contributed by atoms with Crippen molar-refractivity contribution in [3.8, 4) is 5.75 Å².